The lowest BCUT2D eigenvalue weighted by Gasteiger charge is -2.09. The van der Waals surface area contributed by atoms with Crippen LogP contribution in [-0.4, -0.2) is 142 Å². The van der Waals surface area contributed by atoms with E-state index >= 15 is 0 Å². The van der Waals surface area contributed by atoms with Crippen molar-refractivity contribution < 1.29 is 62.1 Å². The smallest absolute Gasteiger partial charge is 0.329 e. The summed E-state index contributed by atoms with van der Waals surface area (Å²) >= 11 is 0. The van der Waals surface area contributed by atoms with Crippen LogP contribution in [0.5, 0.6) is 0 Å². The van der Waals surface area contributed by atoms with Gasteiger partial charge in [-0.15, -0.1) is 0 Å². The quantitative estimate of drug-likeness (QED) is 0.0756. The van der Waals surface area contributed by atoms with E-state index < -0.39 is 18.5 Å². The number of ether oxygens (including phenoxy) is 9. The number of carboxylic acid groups (broad SMARTS) is 1. The molecule has 2 N–H and O–H groups in total. The molecule has 0 saturated heterocycles. The van der Waals surface area contributed by atoms with Gasteiger partial charge >= 0.3 is 11.9 Å². The van der Waals surface area contributed by atoms with Crippen molar-refractivity contribution in [1.82, 2.24) is 5.32 Å². The van der Waals surface area contributed by atoms with E-state index in [0.29, 0.717) is 105 Å². The lowest BCUT2D eigenvalue weighted by molar-refractivity contribution is -0.146. The molecule has 0 aromatic carbocycles. The van der Waals surface area contributed by atoms with E-state index in [-0.39, 0.29) is 19.2 Å². The number of carbonyl (C=O) groups is 3. The monoisotopic (exact) mass is 639 g/mol. The van der Waals surface area contributed by atoms with E-state index in [4.69, 9.17) is 43.0 Å². The van der Waals surface area contributed by atoms with Gasteiger partial charge in [-0.3, -0.25) is 9.59 Å². The minimum Gasteiger partial charge on any atom is -0.480 e. The maximum Gasteiger partial charge on any atom is 0.329 e. The van der Waals surface area contributed by atoms with Crippen LogP contribution in [0.3, 0.4) is 0 Å². The van der Waals surface area contributed by atoms with Gasteiger partial charge in [0.2, 0.25) is 5.91 Å². The zero-order valence-electron chi connectivity index (χ0n) is 26.7. The Balaban J connectivity index is 3.15. The second-order valence-corrected chi connectivity index (χ2v) is 9.61. The third kappa shape index (κ3) is 36.3. The third-order valence-electron chi connectivity index (χ3n) is 5.73. The number of carbonyl (C=O) groups excluding carboxylic acids is 2. The van der Waals surface area contributed by atoms with Crippen LogP contribution in [0.2, 0.25) is 0 Å². The van der Waals surface area contributed by atoms with Crippen molar-refractivity contribution in [3.05, 3.63) is 0 Å². The van der Waals surface area contributed by atoms with E-state index in [2.05, 4.69) is 17.0 Å². The van der Waals surface area contributed by atoms with Crippen molar-refractivity contribution in [1.29, 1.82) is 0 Å². The number of hydrogen-bond donors (Lipinski definition) is 2. The Morgan fingerprint density at radius 3 is 1.36 bits per heavy atom. The Morgan fingerprint density at radius 1 is 0.500 bits per heavy atom. The van der Waals surface area contributed by atoms with Crippen LogP contribution in [0.15, 0.2) is 0 Å². The Morgan fingerprint density at radius 2 is 0.909 bits per heavy atom. The van der Waals surface area contributed by atoms with Crippen LogP contribution >= 0.6 is 0 Å². The van der Waals surface area contributed by atoms with Gasteiger partial charge in [0.25, 0.3) is 0 Å². The summed E-state index contributed by atoms with van der Waals surface area (Å²) in [6, 6.07) is 0. The fourth-order valence-corrected chi connectivity index (χ4v) is 3.48. The normalized spacial score (nSPS) is 11.1. The van der Waals surface area contributed by atoms with Gasteiger partial charge in [-0.25, -0.2) is 4.79 Å². The van der Waals surface area contributed by atoms with E-state index in [9.17, 15) is 14.4 Å². The van der Waals surface area contributed by atoms with Crippen LogP contribution in [0.4, 0.5) is 0 Å². The molecule has 260 valence electrons. The minimum absolute atomic E-state index is 0.152. The first-order valence-electron chi connectivity index (χ1n) is 15.8. The average molecular weight is 640 g/mol. The highest BCUT2D eigenvalue weighted by molar-refractivity contribution is 5.77. The van der Waals surface area contributed by atoms with Crippen molar-refractivity contribution in [2.24, 2.45) is 0 Å². The molecule has 0 saturated carbocycles. The summed E-state index contributed by atoms with van der Waals surface area (Å²) in [4.78, 5) is 33.3. The summed E-state index contributed by atoms with van der Waals surface area (Å²) in [7, 11) is 0. The van der Waals surface area contributed by atoms with Crippen LogP contribution in [-0.2, 0) is 57.0 Å². The standard InChI is InChI=1S/C30H57NO13/c1-2-3-4-5-6-7-8-9-30(35)44-25-24-42-23-22-41-21-20-40-19-18-39-17-16-38-15-14-37-13-12-36-11-10-31-28(32)26-43-27-29(33)34/h2-27H2,1H3,(H,31,32)(H,33,34). The lowest BCUT2D eigenvalue weighted by atomic mass is 10.1. The summed E-state index contributed by atoms with van der Waals surface area (Å²) in [6.07, 6.45) is 8.73. The first-order chi connectivity index (χ1) is 21.6. The van der Waals surface area contributed by atoms with Gasteiger partial charge in [-0.05, 0) is 6.42 Å². The number of nitrogens with one attached hydrogen (secondary N) is 1. The van der Waals surface area contributed by atoms with Gasteiger partial charge in [0.1, 0.15) is 19.8 Å². The number of aliphatic carboxylic acids is 1. The molecule has 0 unspecified atom stereocenters. The molecule has 0 aliphatic carbocycles. The number of amides is 1. The molecule has 0 radical (unpaired) electrons. The predicted molar refractivity (Wildman–Crippen MR) is 161 cm³/mol. The average Bonchev–Trinajstić information content (AvgIpc) is 3.00. The summed E-state index contributed by atoms with van der Waals surface area (Å²) in [5, 5.41) is 11.0. The van der Waals surface area contributed by atoms with Crippen molar-refractivity contribution in [3.8, 4) is 0 Å². The Bertz CT molecular complexity index is 654. The zero-order chi connectivity index (χ0) is 32.2. The van der Waals surface area contributed by atoms with Crippen LogP contribution in [0, 0.1) is 0 Å². The van der Waals surface area contributed by atoms with Gasteiger partial charge in [-0.1, -0.05) is 45.4 Å². The van der Waals surface area contributed by atoms with Crippen LogP contribution < -0.4 is 5.32 Å². The number of carboxylic acids is 1. The number of hydrogen-bond acceptors (Lipinski definition) is 12. The molecule has 0 fully saturated rings. The Labute approximate surface area is 262 Å². The summed E-state index contributed by atoms with van der Waals surface area (Å²) in [5.41, 5.74) is 0. The highest BCUT2D eigenvalue weighted by Crippen LogP contribution is 2.08. The molecular formula is C30H57NO13. The van der Waals surface area contributed by atoms with Gasteiger partial charge in [0, 0.05) is 13.0 Å². The fourth-order valence-electron chi connectivity index (χ4n) is 3.48. The SMILES string of the molecule is CCCCCCCCCC(=O)OCCOCCOCCOCCOCCOCCOCCOCCNC(=O)COCC(=O)O. The second kappa shape index (κ2) is 35.6. The molecule has 0 aromatic heterocycles. The van der Waals surface area contributed by atoms with Crippen molar-refractivity contribution in [2.75, 3.05) is 119 Å². The molecule has 0 aromatic rings. The van der Waals surface area contributed by atoms with Gasteiger partial charge in [0.15, 0.2) is 0 Å². The summed E-state index contributed by atoms with van der Waals surface area (Å²) in [6.45, 7) is 7.98. The molecule has 0 rings (SSSR count). The van der Waals surface area contributed by atoms with E-state index in [1.807, 2.05) is 0 Å². The van der Waals surface area contributed by atoms with E-state index in [1.54, 1.807) is 0 Å². The second-order valence-electron chi connectivity index (χ2n) is 9.61. The molecule has 0 atom stereocenters. The van der Waals surface area contributed by atoms with Crippen molar-refractivity contribution >= 4 is 17.8 Å². The van der Waals surface area contributed by atoms with Crippen molar-refractivity contribution in [2.45, 2.75) is 58.3 Å². The molecular weight excluding hydrogens is 582 g/mol. The summed E-state index contributed by atoms with van der Waals surface area (Å²) in [5.74, 6) is -1.67. The highest BCUT2D eigenvalue weighted by atomic mass is 16.6. The third-order valence-corrected chi connectivity index (χ3v) is 5.73. The molecule has 1 amide bonds. The van der Waals surface area contributed by atoms with Gasteiger partial charge in [0.05, 0.1) is 92.5 Å². The molecule has 44 heavy (non-hydrogen) atoms. The predicted octanol–water partition coefficient (Wildman–Crippen LogP) is 2.00. The largest absolute Gasteiger partial charge is 0.480 e. The van der Waals surface area contributed by atoms with Crippen LogP contribution in [0.1, 0.15) is 58.3 Å². The van der Waals surface area contributed by atoms with Crippen LogP contribution in [0.25, 0.3) is 0 Å². The van der Waals surface area contributed by atoms with Gasteiger partial charge in [-0.2, -0.15) is 0 Å². The molecule has 14 heteroatoms. The minimum atomic E-state index is -1.12. The maximum absolute atomic E-state index is 11.7. The van der Waals surface area contributed by atoms with E-state index in [1.165, 1.54) is 32.1 Å². The zero-order valence-corrected chi connectivity index (χ0v) is 26.7. The van der Waals surface area contributed by atoms with Gasteiger partial charge < -0.3 is 53.1 Å². The lowest BCUT2D eigenvalue weighted by Crippen LogP contribution is -2.31. The summed E-state index contributed by atoms with van der Waals surface area (Å²) < 4.78 is 47.7. The van der Waals surface area contributed by atoms with E-state index in [0.717, 1.165) is 12.8 Å². The first kappa shape index (κ1) is 42.1. The molecule has 0 heterocycles. The number of rotatable bonds is 36. The molecule has 0 bridgehead atoms. The Hall–Kier alpha value is -1.91. The Kier molecular flexibility index (Phi) is 34.0. The number of esters is 1. The highest BCUT2D eigenvalue weighted by Gasteiger charge is 2.04. The molecule has 0 spiro atoms. The molecule has 0 aliphatic rings. The first-order valence-corrected chi connectivity index (χ1v) is 15.8. The fraction of sp³-hybridized carbons (Fsp3) is 0.900. The maximum atomic E-state index is 11.7. The topological polar surface area (TPSA) is 167 Å². The molecule has 0 aliphatic heterocycles. The molecule has 14 nitrogen and oxygen atoms in total. The van der Waals surface area contributed by atoms with Crippen molar-refractivity contribution in [3.63, 3.8) is 0 Å². The number of unbranched alkanes of at least 4 members (excludes halogenated alkanes) is 6.